The third-order valence-electron chi connectivity index (χ3n) is 5.29. The second-order valence-electron chi connectivity index (χ2n) is 9.00. The Morgan fingerprint density at radius 2 is 1.54 bits per heavy atom. The first-order chi connectivity index (χ1) is 16.5. The van der Waals surface area contributed by atoms with Crippen molar-refractivity contribution in [2.75, 3.05) is 20.8 Å². The van der Waals surface area contributed by atoms with Crippen LogP contribution in [-0.2, 0) is 28.2 Å². The Kier molecular flexibility index (Phi) is 12.9. The van der Waals surface area contributed by atoms with E-state index >= 15 is 0 Å². The van der Waals surface area contributed by atoms with E-state index in [-0.39, 0.29) is 23.4 Å². The lowest BCUT2D eigenvalue weighted by Crippen LogP contribution is -2.37. The summed E-state index contributed by atoms with van der Waals surface area (Å²) in [5.74, 6) is 0.170. The van der Waals surface area contributed by atoms with Gasteiger partial charge in [-0.15, -0.1) is 0 Å². The van der Waals surface area contributed by atoms with E-state index in [0.717, 1.165) is 12.0 Å². The fourth-order valence-corrected chi connectivity index (χ4v) is 4.70. The van der Waals surface area contributed by atoms with Gasteiger partial charge in [0, 0.05) is 18.2 Å². The molecule has 0 heterocycles. The van der Waals surface area contributed by atoms with Gasteiger partial charge in [0.2, 0.25) is 0 Å². The first-order valence-electron chi connectivity index (χ1n) is 11.2. The highest BCUT2D eigenvalue weighted by Gasteiger charge is 2.31. The van der Waals surface area contributed by atoms with E-state index in [1.165, 1.54) is 7.11 Å². The molecule has 0 bridgehead atoms. The predicted octanol–water partition coefficient (Wildman–Crippen LogP) is 4.89. The van der Waals surface area contributed by atoms with Crippen molar-refractivity contribution in [2.24, 2.45) is 0 Å². The van der Waals surface area contributed by atoms with Gasteiger partial charge in [0.05, 0.1) is 20.1 Å². The smallest absolute Gasteiger partial charge is 0.494 e. The molecular weight excluding hydrogens is 484 g/mol. The predicted molar refractivity (Wildman–Crippen MR) is 134 cm³/mol. The number of benzene rings is 2. The van der Waals surface area contributed by atoms with Crippen LogP contribution in [0.1, 0.15) is 59.9 Å². The van der Waals surface area contributed by atoms with Crippen molar-refractivity contribution < 1.29 is 37.1 Å². The molecule has 0 aliphatic rings. The van der Waals surface area contributed by atoms with Crippen LogP contribution in [0.15, 0.2) is 48.5 Å². The fourth-order valence-electron chi connectivity index (χ4n) is 3.20. The molecule has 1 unspecified atom stereocenters. The Morgan fingerprint density at radius 1 is 0.943 bits per heavy atom. The van der Waals surface area contributed by atoms with Gasteiger partial charge in [-0.1, -0.05) is 57.2 Å². The molecule has 0 radical (unpaired) electrons. The van der Waals surface area contributed by atoms with Crippen LogP contribution in [0, 0.1) is 0 Å². The summed E-state index contributed by atoms with van der Waals surface area (Å²) in [5.41, 5.74) is 2.16. The number of carbonyl (C=O) groups excluding carboxylic acids is 2. The zero-order chi connectivity index (χ0) is 26.5. The van der Waals surface area contributed by atoms with Crippen LogP contribution < -0.4 is 4.74 Å². The third-order valence-corrected chi connectivity index (χ3v) is 7.93. The maximum Gasteiger partial charge on any atom is 0.549 e. The molecule has 190 valence electrons. The van der Waals surface area contributed by atoms with Crippen LogP contribution in [0.4, 0.5) is 0 Å². The maximum absolute atomic E-state index is 12.7. The van der Waals surface area contributed by atoms with Crippen molar-refractivity contribution in [3.63, 3.8) is 0 Å². The molecule has 0 fully saturated rings. The third kappa shape index (κ3) is 10.7. The number of hydrogen-bond donors (Lipinski definition) is 0. The fraction of sp³-hybridized carbons (Fsp3) is 0.440. The summed E-state index contributed by atoms with van der Waals surface area (Å²) in [6, 6.07) is 15.1. The van der Waals surface area contributed by atoms with E-state index in [0.29, 0.717) is 29.5 Å². The zero-order valence-corrected chi connectivity index (χ0v) is 23.2. The number of hydrogen-bond acceptors (Lipinski definition) is 8. The van der Waals surface area contributed by atoms with E-state index in [4.69, 9.17) is 27.6 Å². The number of rotatable bonds is 12. The summed E-state index contributed by atoms with van der Waals surface area (Å²) in [6.45, 7) is 8.73. The topological polar surface area (TPSA) is 105 Å². The van der Waals surface area contributed by atoms with Gasteiger partial charge in [0.1, 0.15) is 5.75 Å². The van der Waals surface area contributed by atoms with Crippen LogP contribution >= 0.6 is 0 Å². The normalized spacial score (nSPS) is 12.5. The second kappa shape index (κ2) is 14.8. The summed E-state index contributed by atoms with van der Waals surface area (Å²) in [4.78, 5) is 30.0. The minimum Gasteiger partial charge on any atom is -0.494 e. The van der Waals surface area contributed by atoms with Crippen molar-refractivity contribution in [2.45, 2.75) is 51.6 Å². The SMILES string of the molecule is COO[Si](C)(CCCOc1cccc(C(=O)CC(=O)c2ccc(C(C)(C)C)cc2)c1)OC.O=[Si]=O. The number of Topliss-reactive ketones (excluding diaryl/α,β-unsaturated/α-hetero) is 2. The van der Waals surface area contributed by atoms with Crippen molar-refractivity contribution >= 4 is 29.4 Å². The minimum absolute atomic E-state index is 0.0129. The van der Waals surface area contributed by atoms with E-state index in [2.05, 4.69) is 20.8 Å². The first kappa shape index (κ1) is 30.5. The quantitative estimate of drug-likeness (QED) is 0.0977. The molecule has 10 heteroatoms. The largest absolute Gasteiger partial charge is 0.549 e. The lowest BCUT2D eigenvalue weighted by Gasteiger charge is -2.22. The summed E-state index contributed by atoms with van der Waals surface area (Å²) in [7, 11) is -0.686. The molecule has 0 saturated heterocycles. The van der Waals surface area contributed by atoms with E-state index in [1.54, 1.807) is 43.5 Å². The first-order valence-corrected chi connectivity index (χ1v) is 14.5. The average Bonchev–Trinajstić information content (AvgIpc) is 2.82. The van der Waals surface area contributed by atoms with Crippen molar-refractivity contribution in [1.29, 1.82) is 0 Å². The van der Waals surface area contributed by atoms with Crippen molar-refractivity contribution in [1.82, 2.24) is 0 Å². The zero-order valence-electron chi connectivity index (χ0n) is 21.2. The summed E-state index contributed by atoms with van der Waals surface area (Å²) >= 11 is 0. The molecule has 1 atom stereocenters. The Morgan fingerprint density at radius 3 is 2.09 bits per heavy atom. The standard InChI is InChI=1S/C25H34O6Si.O2Si/c1-25(2,3)21-13-11-19(12-14-21)23(26)18-24(27)20-9-7-10-22(17-20)30-15-8-16-32(6,29-5)31-28-4;1-3-2/h7,9-14,17H,8,15-16,18H2,1-6H3;. The molecule has 0 saturated carbocycles. The Labute approximate surface area is 210 Å². The van der Waals surface area contributed by atoms with Gasteiger partial charge in [-0.2, -0.15) is 0 Å². The molecule has 0 aliphatic carbocycles. The van der Waals surface area contributed by atoms with Crippen LogP contribution in [-0.4, -0.2) is 50.2 Å². The van der Waals surface area contributed by atoms with E-state index in [9.17, 15) is 9.59 Å². The minimum atomic E-state index is -2.35. The highest BCUT2D eigenvalue weighted by molar-refractivity contribution is 6.65. The lowest BCUT2D eigenvalue weighted by molar-refractivity contribution is -0.205. The molecule has 0 aliphatic heterocycles. The molecule has 2 rings (SSSR count). The highest BCUT2D eigenvalue weighted by atomic mass is 28.4. The van der Waals surface area contributed by atoms with Gasteiger partial charge in [-0.3, -0.25) is 23.1 Å². The Balaban J connectivity index is 0.00000194. The Hall–Kier alpha value is -2.51. The molecule has 35 heavy (non-hydrogen) atoms. The highest BCUT2D eigenvalue weighted by Crippen LogP contribution is 2.23. The van der Waals surface area contributed by atoms with E-state index < -0.39 is 17.9 Å². The second-order valence-corrected chi connectivity index (χ2v) is 12.5. The summed E-state index contributed by atoms with van der Waals surface area (Å²) in [5, 5.41) is 0. The molecule has 2 aromatic rings. The summed E-state index contributed by atoms with van der Waals surface area (Å²) in [6.07, 6.45) is 0.547. The van der Waals surface area contributed by atoms with Gasteiger partial charge >= 0.3 is 17.9 Å². The van der Waals surface area contributed by atoms with Gasteiger partial charge in [-0.05, 0) is 42.1 Å². The molecule has 0 aromatic heterocycles. The molecule has 2 aromatic carbocycles. The molecule has 0 amide bonds. The molecule has 8 nitrogen and oxygen atoms in total. The van der Waals surface area contributed by atoms with Gasteiger partial charge in [0.15, 0.2) is 11.6 Å². The van der Waals surface area contributed by atoms with Gasteiger partial charge < -0.3 is 9.16 Å². The van der Waals surface area contributed by atoms with Crippen LogP contribution in [0.2, 0.25) is 12.6 Å². The number of carbonyl (C=O) groups is 2. The molecule has 0 spiro atoms. The van der Waals surface area contributed by atoms with Crippen molar-refractivity contribution in [3.05, 3.63) is 65.2 Å². The van der Waals surface area contributed by atoms with Gasteiger partial charge in [0.25, 0.3) is 0 Å². The van der Waals surface area contributed by atoms with Crippen LogP contribution in [0.5, 0.6) is 5.75 Å². The van der Waals surface area contributed by atoms with Crippen LogP contribution in [0.3, 0.4) is 0 Å². The number of ketones is 2. The van der Waals surface area contributed by atoms with Crippen molar-refractivity contribution in [3.8, 4) is 5.75 Å². The molecular formula is C25H34O8Si2. The molecule has 0 N–H and O–H groups in total. The summed E-state index contributed by atoms with van der Waals surface area (Å²) < 4.78 is 33.3. The lowest BCUT2D eigenvalue weighted by atomic mass is 9.86. The monoisotopic (exact) mass is 518 g/mol. The maximum atomic E-state index is 12.7. The Bertz CT molecular complexity index is 995. The van der Waals surface area contributed by atoms with Gasteiger partial charge in [-0.25, -0.2) is 4.89 Å². The van der Waals surface area contributed by atoms with Crippen LogP contribution in [0.25, 0.3) is 0 Å². The number of ether oxygens (including phenoxy) is 1. The van der Waals surface area contributed by atoms with E-state index in [1.807, 2.05) is 18.7 Å². The average molecular weight is 519 g/mol.